The molecule has 0 aliphatic rings. The first-order chi connectivity index (χ1) is 10.6. The Kier molecular flexibility index (Phi) is 4.03. The van der Waals surface area contributed by atoms with Gasteiger partial charge in [0, 0.05) is 36.6 Å². The topological polar surface area (TPSA) is 25.2 Å². The van der Waals surface area contributed by atoms with E-state index in [1.165, 1.54) is 0 Å². The molecule has 0 radical (unpaired) electrons. The number of rotatable bonds is 3. The van der Waals surface area contributed by atoms with E-state index in [1.54, 1.807) is 10.6 Å². The third-order valence-corrected chi connectivity index (χ3v) is 4.58. The van der Waals surface area contributed by atoms with Crippen molar-refractivity contribution in [3.8, 4) is 0 Å². The average Bonchev–Trinajstić information content (AvgIpc) is 2.52. The number of hydrogen-bond donors (Lipinski definition) is 0. The van der Waals surface area contributed by atoms with Crippen molar-refractivity contribution in [2.24, 2.45) is 7.05 Å². The maximum atomic E-state index is 12.2. The zero-order valence-electron chi connectivity index (χ0n) is 12.6. The highest BCUT2D eigenvalue weighted by Crippen LogP contribution is 2.27. The van der Waals surface area contributed by atoms with Crippen molar-refractivity contribution in [2.75, 3.05) is 11.9 Å². The lowest BCUT2D eigenvalue weighted by atomic mass is 10.1. The molecule has 0 fully saturated rings. The van der Waals surface area contributed by atoms with E-state index in [0.29, 0.717) is 6.54 Å². The van der Waals surface area contributed by atoms with Gasteiger partial charge in [0.25, 0.3) is 5.56 Å². The van der Waals surface area contributed by atoms with Gasteiger partial charge in [0.1, 0.15) is 0 Å². The predicted octanol–water partition coefficient (Wildman–Crippen LogP) is 3.94. The molecule has 0 amide bonds. The fourth-order valence-electron chi connectivity index (χ4n) is 2.71. The normalized spacial score (nSPS) is 10.9. The third kappa shape index (κ3) is 2.66. The van der Waals surface area contributed by atoms with Crippen LogP contribution in [0.15, 0.2) is 63.9 Å². The molecule has 2 aromatic carbocycles. The second-order valence-corrected chi connectivity index (χ2v) is 6.25. The molecule has 3 aromatic rings. The second kappa shape index (κ2) is 5.97. The molecule has 112 valence electrons. The van der Waals surface area contributed by atoms with Crippen molar-refractivity contribution < 1.29 is 0 Å². The van der Waals surface area contributed by atoms with Gasteiger partial charge >= 0.3 is 0 Å². The zero-order chi connectivity index (χ0) is 15.7. The molecule has 0 saturated heterocycles. The summed E-state index contributed by atoms with van der Waals surface area (Å²) in [5.74, 6) is 0. The standard InChI is InChI=1S/C18H17BrN2O/c1-20(17-10-6-4-8-15(17)19)12-13-11-18(22)21(2)16-9-5-3-7-14(13)16/h3-11H,12H2,1-2H3. The van der Waals surface area contributed by atoms with Crippen molar-refractivity contribution in [2.45, 2.75) is 6.54 Å². The first-order valence-electron chi connectivity index (χ1n) is 7.11. The average molecular weight is 357 g/mol. The molecule has 0 aliphatic carbocycles. The van der Waals surface area contributed by atoms with Gasteiger partial charge in [-0.25, -0.2) is 0 Å². The van der Waals surface area contributed by atoms with Crippen LogP contribution in [0.4, 0.5) is 5.69 Å². The molecule has 0 N–H and O–H groups in total. The minimum atomic E-state index is 0.0224. The molecule has 0 aliphatic heterocycles. The maximum Gasteiger partial charge on any atom is 0.251 e. The van der Waals surface area contributed by atoms with E-state index < -0.39 is 0 Å². The van der Waals surface area contributed by atoms with E-state index in [0.717, 1.165) is 26.6 Å². The van der Waals surface area contributed by atoms with E-state index in [2.05, 4.69) is 33.0 Å². The highest BCUT2D eigenvalue weighted by atomic mass is 79.9. The Morgan fingerprint density at radius 1 is 1.09 bits per heavy atom. The van der Waals surface area contributed by atoms with Crippen LogP contribution in [-0.2, 0) is 13.6 Å². The van der Waals surface area contributed by atoms with Crippen LogP contribution in [0.1, 0.15) is 5.56 Å². The van der Waals surface area contributed by atoms with Gasteiger partial charge in [-0.15, -0.1) is 0 Å². The van der Waals surface area contributed by atoms with Crippen molar-refractivity contribution in [3.05, 3.63) is 75.0 Å². The molecule has 0 bridgehead atoms. The van der Waals surface area contributed by atoms with E-state index in [9.17, 15) is 4.79 Å². The minimum Gasteiger partial charge on any atom is -0.369 e. The van der Waals surface area contributed by atoms with Crippen LogP contribution >= 0.6 is 15.9 Å². The lowest BCUT2D eigenvalue weighted by Crippen LogP contribution is -2.22. The molecular formula is C18H17BrN2O. The van der Waals surface area contributed by atoms with Crippen LogP contribution in [0, 0.1) is 0 Å². The van der Waals surface area contributed by atoms with Gasteiger partial charge in [-0.1, -0.05) is 30.3 Å². The lowest BCUT2D eigenvalue weighted by Gasteiger charge is -2.22. The SMILES string of the molecule is CN(Cc1cc(=O)n(C)c2ccccc12)c1ccccc1Br. The van der Waals surface area contributed by atoms with Gasteiger partial charge in [0.2, 0.25) is 0 Å². The minimum absolute atomic E-state index is 0.0224. The molecule has 0 saturated carbocycles. The van der Waals surface area contributed by atoms with Crippen LogP contribution < -0.4 is 10.5 Å². The van der Waals surface area contributed by atoms with Crippen LogP contribution in [0.5, 0.6) is 0 Å². The van der Waals surface area contributed by atoms with Gasteiger partial charge < -0.3 is 9.47 Å². The number of pyridine rings is 1. The summed E-state index contributed by atoms with van der Waals surface area (Å²) in [5, 5.41) is 1.11. The van der Waals surface area contributed by atoms with Crippen molar-refractivity contribution in [3.63, 3.8) is 0 Å². The van der Waals surface area contributed by atoms with E-state index in [1.807, 2.05) is 50.5 Å². The fourth-order valence-corrected chi connectivity index (χ4v) is 3.30. The number of hydrogen-bond acceptors (Lipinski definition) is 2. The van der Waals surface area contributed by atoms with Crippen LogP contribution in [0.25, 0.3) is 10.9 Å². The first-order valence-corrected chi connectivity index (χ1v) is 7.90. The highest BCUT2D eigenvalue weighted by Gasteiger charge is 2.10. The first kappa shape index (κ1) is 14.9. The number of anilines is 1. The van der Waals surface area contributed by atoms with Crippen LogP contribution in [-0.4, -0.2) is 11.6 Å². The molecular weight excluding hydrogens is 340 g/mol. The van der Waals surface area contributed by atoms with Crippen LogP contribution in [0.2, 0.25) is 0 Å². The largest absolute Gasteiger partial charge is 0.369 e. The molecule has 3 nitrogen and oxygen atoms in total. The molecule has 22 heavy (non-hydrogen) atoms. The Morgan fingerprint density at radius 2 is 1.77 bits per heavy atom. The number of halogens is 1. The van der Waals surface area contributed by atoms with Gasteiger partial charge in [-0.2, -0.15) is 0 Å². The molecule has 1 aromatic heterocycles. The Bertz CT molecular complexity index is 886. The Hall–Kier alpha value is -2.07. The van der Waals surface area contributed by atoms with E-state index >= 15 is 0 Å². The number of benzene rings is 2. The molecule has 3 rings (SSSR count). The molecule has 0 atom stereocenters. The highest BCUT2D eigenvalue weighted by molar-refractivity contribution is 9.10. The summed E-state index contributed by atoms with van der Waals surface area (Å²) in [6, 6.07) is 17.8. The van der Waals surface area contributed by atoms with Crippen molar-refractivity contribution in [1.29, 1.82) is 0 Å². The third-order valence-electron chi connectivity index (χ3n) is 3.91. The Labute approximate surface area is 137 Å². The number of fused-ring (bicyclic) bond motifs is 1. The quantitative estimate of drug-likeness (QED) is 0.710. The van der Waals surface area contributed by atoms with Crippen molar-refractivity contribution in [1.82, 2.24) is 4.57 Å². The second-order valence-electron chi connectivity index (χ2n) is 5.39. The molecule has 0 unspecified atom stereocenters. The van der Waals surface area contributed by atoms with E-state index in [-0.39, 0.29) is 5.56 Å². The number of para-hydroxylation sites is 2. The monoisotopic (exact) mass is 356 g/mol. The van der Waals surface area contributed by atoms with Gasteiger partial charge in [-0.05, 0) is 39.7 Å². The number of aryl methyl sites for hydroxylation is 1. The summed E-state index contributed by atoms with van der Waals surface area (Å²) in [7, 11) is 3.85. The predicted molar refractivity (Wildman–Crippen MR) is 95.4 cm³/mol. The summed E-state index contributed by atoms with van der Waals surface area (Å²) in [6.45, 7) is 0.680. The lowest BCUT2D eigenvalue weighted by molar-refractivity contribution is 0.878. The summed E-state index contributed by atoms with van der Waals surface area (Å²) >= 11 is 3.58. The molecule has 1 heterocycles. The summed E-state index contributed by atoms with van der Waals surface area (Å²) in [5.41, 5.74) is 3.13. The molecule has 4 heteroatoms. The summed E-state index contributed by atoms with van der Waals surface area (Å²) in [6.07, 6.45) is 0. The van der Waals surface area contributed by atoms with Crippen molar-refractivity contribution >= 4 is 32.5 Å². The zero-order valence-corrected chi connectivity index (χ0v) is 14.2. The number of aromatic nitrogens is 1. The van der Waals surface area contributed by atoms with E-state index in [4.69, 9.17) is 0 Å². The summed E-state index contributed by atoms with van der Waals surface area (Å²) < 4.78 is 2.74. The van der Waals surface area contributed by atoms with Crippen LogP contribution in [0.3, 0.4) is 0 Å². The molecule has 0 spiro atoms. The Balaban J connectivity index is 2.06. The smallest absolute Gasteiger partial charge is 0.251 e. The Morgan fingerprint density at radius 3 is 2.55 bits per heavy atom. The number of nitrogens with zero attached hydrogens (tertiary/aromatic N) is 2. The van der Waals surface area contributed by atoms with Gasteiger partial charge in [0.05, 0.1) is 11.2 Å². The van der Waals surface area contributed by atoms with Gasteiger partial charge in [0.15, 0.2) is 0 Å². The summed E-state index contributed by atoms with van der Waals surface area (Å²) in [4.78, 5) is 14.3. The fraction of sp³-hybridized carbons (Fsp3) is 0.167. The maximum absolute atomic E-state index is 12.2. The van der Waals surface area contributed by atoms with Gasteiger partial charge in [-0.3, -0.25) is 4.79 Å².